The zero-order chi connectivity index (χ0) is 12.1. The molecule has 0 aliphatic carbocycles. The van der Waals surface area contributed by atoms with Gasteiger partial charge in [0.25, 0.3) is 0 Å². The predicted molar refractivity (Wildman–Crippen MR) is 61.4 cm³/mol. The van der Waals surface area contributed by atoms with Crippen LogP contribution in [0.5, 0.6) is 5.75 Å². The first-order valence-electron chi connectivity index (χ1n) is 5.38. The molecule has 0 saturated heterocycles. The van der Waals surface area contributed by atoms with Gasteiger partial charge in [0.15, 0.2) is 5.75 Å². The van der Waals surface area contributed by atoms with Crippen LogP contribution in [0.1, 0.15) is 26.3 Å². The molecule has 5 nitrogen and oxygen atoms in total. The number of carbonyl (C=O) groups excluding carboxylic acids is 1. The van der Waals surface area contributed by atoms with Crippen molar-refractivity contribution in [2.45, 2.75) is 26.3 Å². The van der Waals surface area contributed by atoms with Crippen LogP contribution in [0.2, 0.25) is 0 Å². The van der Waals surface area contributed by atoms with E-state index >= 15 is 0 Å². The lowest BCUT2D eigenvalue weighted by molar-refractivity contribution is -0.129. The van der Waals surface area contributed by atoms with Crippen LogP contribution in [0.3, 0.4) is 0 Å². The van der Waals surface area contributed by atoms with Crippen molar-refractivity contribution in [3.8, 4) is 5.75 Å². The highest BCUT2D eigenvalue weighted by Crippen LogP contribution is 2.12. The predicted octanol–water partition coefficient (Wildman–Crippen LogP) is 1.32. The molecule has 1 aromatic heterocycles. The van der Waals surface area contributed by atoms with Gasteiger partial charge in [0, 0.05) is 20.1 Å². The van der Waals surface area contributed by atoms with E-state index in [0.717, 1.165) is 0 Å². The molecule has 0 bridgehead atoms. The average Bonchev–Trinajstić information content (AvgIpc) is 2.66. The molecule has 1 amide bonds. The minimum absolute atomic E-state index is 0.0660. The third-order valence-electron chi connectivity index (χ3n) is 2.19. The minimum atomic E-state index is 0.0660. The summed E-state index contributed by atoms with van der Waals surface area (Å²) in [4.78, 5) is 12.8. The van der Waals surface area contributed by atoms with Crippen LogP contribution in [0.4, 0.5) is 0 Å². The van der Waals surface area contributed by atoms with E-state index in [4.69, 9.17) is 4.74 Å². The van der Waals surface area contributed by atoms with E-state index in [9.17, 15) is 4.79 Å². The number of amides is 1. The lowest BCUT2D eigenvalue weighted by atomic mass is 10.4. The summed E-state index contributed by atoms with van der Waals surface area (Å²) >= 11 is 0. The van der Waals surface area contributed by atoms with Crippen LogP contribution in [-0.4, -0.2) is 41.3 Å². The van der Waals surface area contributed by atoms with Crippen molar-refractivity contribution in [3.63, 3.8) is 0 Å². The Morgan fingerprint density at radius 2 is 2.25 bits per heavy atom. The molecule has 0 fully saturated rings. The zero-order valence-corrected chi connectivity index (χ0v) is 10.3. The standard InChI is InChI=1S/C11H19N3O2/c1-9(2)14-8-10(7-12-14)16-6-5-11(15)13(3)4/h7-9H,5-6H2,1-4H3. The minimum Gasteiger partial charge on any atom is -0.490 e. The Labute approximate surface area is 96.0 Å². The third-order valence-corrected chi connectivity index (χ3v) is 2.19. The van der Waals surface area contributed by atoms with Crippen LogP contribution in [-0.2, 0) is 4.79 Å². The number of carbonyl (C=O) groups is 1. The fraction of sp³-hybridized carbons (Fsp3) is 0.636. The molecular formula is C11H19N3O2. The van der Waals surface area contributed by atoms with Gasteiger partial charge in [-0.25, -0.2) is 0 Å². The van der Waals surface area contributed by atoms with Crippen molar-refractivity contribution < 1.29 is 9.53 Å². The van der Waals surface area contributed by atoms with Crippen molar-refractivity contribution in [1.29, 1.82) is 0 Å². The van der Waals surface area contributed by atoms with Crippen LogP contribution in [0.15, 0.2) is 12.4 Å². The second kappa shape index (κ2) is 5.53. The number of hydrogen-bond acceptors (Lipinski definition) is 3. The van der Waals surface area contributed by atoms with Gasteiger partial charge < -0.3 is 9.64 Å². The fourth-order valence-electron chi connectivity index (χ4n) is 1.16. The van der Waals surface area contributed by atoms with Crippen molar-refractivity contribution in [3.05, 3.63) is 12.4 Å². The molecule has 0 saturated carbocycles. The fourth-order valence-corrected chi connectivity index (χ4v) is 1.16. The number of ether oxygens (including phenoxy) is 1. The highest BCUT2D eigenvalue weighted by atomic mass is 16.5. The summed E-state index contributed by atoms with van der Waals surface area (Å²) in [6.45, 7) is 4.49. The second-order valence-electron chi connectivity index (χ2n) is 4.14. The monoisotopic (exact) mass is 225 g/mol. The third kappa shape index (κ3) is 3.56. The molecule has 1 rings (SSSR count). The first-order chi connectivity index (χ1) is 7.50. The number of hydrogen-bond donors (Lipinski definition) is 0. The van der Waals surface area contributed by atoms with E-state index in [2.05, 4.69) is 5.10 Å². The molecule has 0 aliphatic rings. The molecular weight excluding hydrogens is 206 g/mol. The topological polar surface area (TPSA) is 47.4 Å². The molecule has 5 heteroatoms. The molecule has 1 heterocycles. The van der Waals surface area contributed by atoms with Crippen LogP contribution < -0.4 is 4.74 Å². The molecule has 0 aliphatic heterocycles. The second-order valence-corrected chi connectivity index (χ2v) is 4.14. The summed E-state index contributed by atoms with van der Waals surface area (Å²) in [5.74, 6) is 0.775. The SMILES string of the molecule is CC(C)n1cc(OCCC(=O)N(C)C)cn1. The Hall–Kier alpha value is -1.52. The zero-order valence-electron chi connectivity index (χ0n) is 10.3. The molecule has 0 spiro atoms. The first kappa shape index (κ1) is 12.5. The van der Waals surface area contributed by atoms with Gasteiger partial charge in [-0.05, 0) is 13.8 Å². The number of rotatable bonds is 5. The largest absolute Gasteiger partial charge is 0.490 e. The van der Waals surface area contributed by atoms with Gasteiger partial charge in [-0.15, -0.1) is 0 Å². The Balaban J connectivity index is 2.35. The van der Waals surface area contributed by atoms with Crippen LogP contribution in [0, 0.1) is 0 Å². The van der Waals surface area contributed by atoms with E-state index < -0.39 is 0 Å². The summed E-state index contributed by atoms with van der Waals surface area (Å²) in [6, 6.07) is 0.320. The Morgan fingerprint density at radius 3 is 2.75 bits per heavy atom. The molecule has 90 valence electrons. The van der Waals surface area contributed by atoms with E-state index in [1.807, 2.05) is 24.7 Å². The highest BCUT2D eigenvalue weighted by molar-refractivity contribution is 5.75. The Morgan fingerprint density at radius 1 is 1.56 bits per heavy atom. The smallest absolute Gasteiger partial charge is 0.225 e. The van der Waals surface area contributed by atoms with E-state index in [-0.39, 0.29) is 5.91 Å². The summed E-state index contributed by atoms with van der Waals surface area (Å²) in [5.41, 5.74) is 0. The van der Waals surface area contributed by atoms with Crippen molar-refractivity contribution >= 4 is 5.91 Å². The molecule has 0 atom stereocenters. The molecule has 0 aromatic carbocycles. The van der Waals surface area contributed by atoms with Gasteiger partial charge >= 0.3 is 0 Å². The van der Waals surface area contributed by atoms with Crippen molar-refractivity contribution in [2.75, 3.05) is 20.7 Å². The van der Waals surface area contributed by atoms with Gasteiger partial charge in [-0.3, -0.25) is 9.48 Å². The highest BCUT2D eigenvalue weighted by Gasteiger charge is 2.05. The van der Waals surface area contributed by atoms with E-state index in [1.165, 1.54) is 0 Å². The first-order valence-corrected chi connectivity index (χ1v) is 5.38. The van der Waals surface area contributed by atoms with Gasteiger partial charge in [0.05, 0.1) is 25.4 Å². The Bertz CT molecular complexity index is 345. The van der Waals surface area contributed by atoms with Crippen molar-refractivity contribution in [2.24, 2.45) is 0 Å². The summed E-state index contributed by atoms with van der Waals surface area (Å²) in [6.07, 6.45) is 3.89. The number of aromatic nitrogens is 2. The maximum Gasteiger partial charge on any atom is 0.225 e. The van der Waals surface area contributed by atoms with Gasteiger partial charge in [0.2, 0.25) is 5.91 Å². The van der Waals surface area contributed by atoms with Gasteiger partial charge in [-0.2, -0.15) is 5.10 Å². The molecule has 0 N–H and O–H groups in total. The lowest BCUT2D eigenvalue weighted by Crippen LogP contribution is -2.23. The quantitative estimate of drug-likeness (QED) is 0.759. The van der Waals surface area contributed by atoms with Crippen LogP contribution in [0.25, 0.3) is 0 Å². The summed E-state index contributed by atoms with van der Waals surface area (Å²) in [5, 5.41) is 4.14. The van der Waals surface area contributed by atoms with Crippen molar-refractivity contribution in [1.82, 2.24) is 14.7 Å². The number of nitrogens with zero attached hydrogens (tertiary/aromatic N) is 3. The van der Waals surface area contributed by atoms with E-state index in [1.54, 1.807) is 25.2 Å². The lowest BCUT2D eigenvalue weighted by Gasteiger charge is -2.09. The van der Waals surface area contributed by atoms with Crippen LogP contribution >= 0.6 is 0 Å². The maximum absolute atomic E-state index is 11.3. The van der Waals surface area contributed by atoms with E-state index in [0.29, 0.717) is 24.8 Å². The summed E-state index contributed by atoms with van der Waals surface area (Å²) < 4.78 is 7.25. The van der Waals surface area contributed by atoms with Gasteiger partial charge in [0.1, 0.15) is 0 Å². The molecule has 0 radical (unpaired) electrons. The molecule has 1 aromatic rings. The average molecular weight is 225 g/mol. The normalized spacial score (nSPS) is 10.6. The molecule has 16 heavy (non-hydrogen) atoms. The summed E-state index contributed by atoms with van der Waals surface area (Å²) in [7, 11) is 3.47. The Kier molecular flexibility index (Phi) is 4.34. The molecule has 0 unspecified atom stereocenters. The maximum atomic E-state index is 11.3. The van der Waals surface area contributed by atoms with Gasteiger partial charge in [-0.1, -0.05) is 0 Å².